The summed E-state index contributed by atoms with van der Waals surface area (Å²) in [4.78, 5) is 14.5. The first kappa shape index (κ1) is 16.0. The van der Waals surface area contributed by atoms with Gasteiger partial charge in [-0.15, -0.1) is 0 Å². The summed E-state index contributed by atoms with van der Waals surface area (Å²) in [6.07, 6.45) is 12.7. The van der Waals surface area contributed by atoms with Gasteiger partial charge in [-0.05, 0) is 5.57 Å². The van der Waals surface area contributed by atoms with E-state index in [1.807, 2.05) is 6.41 Å². The van der Waals surface area contributed by atoms with Gasteiger partial charge in [0, 0.05) is 38.1 Å². The molecule has 1 saturated heterocycles. The first-order valence-electron chi connectivity index (χ1n) is 7.59. The van der Waals surface area contributed by atoms with Gasteiger partial charge in [0.2, 0.25) is 0 Å². The van der Waals surface area contributed by atoms with Crippen LogP contribution in [-0.4, -0.2) is 62.1 Å². The van der Waals surface area contributed by atoms with Crippen molar-refractivity contribution in [2.45, 2.75) is 13.8 Å². The summed E-state index contributed by atoms with van der Waals surface area (Å²) in [5.41, 5.74) is 1.32. The van der Waals surface area contributed by atoms with E-state index in [-0.39, 0.29) is 5.41 Å². The van der Waals surface area contributed by atoms with Crippen LogP contribution in [0.5, 0.6) is 0 Å². The zero-order chi connectivity index (χ0) is 15.1. The number of hydrogen-bond acceptors (Lipinski definition) is 3. The Morgan fingerprint density at radius 1 is 1.24 bits per heavy atom. The van der Waals surface area contributed by atoms with Crippen molar-refractivity contribution < 1.29 is 9.53 Å². The molecule has 4 nitrogen and oxygen atoms in total. The first-order valence-corrected chi connectivity index (χ1v) is 7.59. The normalized spacial score (nSPS) is 22.0. The van der Waals surface area contributed by atoms with E-state index in [4.69, 9.17) is 4.74 Å². The molecule has 1 heterocycles. The van der Waals surface area contributed by atoms with Crippen LogP contribution in [0.2, 0.25) is 0 Å². The van der Waals surface area contributed by atoms with Crippen molar-refractivity contribution in [1.29, 1.82) is 0 Å². The predicted octanol–water partition coefficient (Wildman–Crippen LogP) is 1.77. The number of hydrogen-bond donors (Lipinski definition) is 0. The Morgan fingerprint density at radius 3 is 2.71 bits per heavy atom. The van der Waals surface area contributed by atoms with Crippen LogP contribution in [0.15, 0.2) is 36.0 Å². The second-order valence-electron chi connectivity index (χ2n) is 6.23. The van der Waals surface area contributed by atoms with E-state index in [1.165, 1.54) is 5.57 Å². The third-order valence-corrected chi connectivity index (χ3v) is 3.89. The zero-order valence-corrected chi connectivity index (χ0v) is 13.0. The number of carbonyl (C=O) groups excluding carboxylic acids is 1. The highest BCUT2D eigenvalue weighted by Crippen LogP contribution is 2.22. The van der Waals surface area contributed by atoms with Gasteiger partial charge in [-0.3, -0.25) is 4.90 Å². The lowest BCUT2D eigenvalue weighted by atomic mass is 9.93. The summed E-state index contributed by atoms with van der Waals surface area (Å²) < 4.78 is 5.77. The minimum Gasteiger partial charge on any atom is -0.520 e. The van der Waals surface area contributed by atoms with E-state index in [9.17, 15) is 4.79 Å². The van der Waals surface area contributed by atoms with Crippen LogP contribution in [0.25, 0.3) is 0 Å². The lowest BCUT2D eigenvalue weighted by Crippen LogP contribution is -2.46. The molecule has 4 heteroatoms. The maximum absolute atomic E-state index is 10.5. The molecule has 0 spiro atoms. The smallest absolute Gasteiger partial charge is 0.0717 e. The zero-order valence-electron chi connectivity index (χ0n) is 13.0. The third-order valence-electron chi connectivity index (χ3n) is 3.89. The van der Waals surface area contributed by atoms with Crippen molar-refractivity contribution in [1.82, 2.24) is 9.80 Å². The van der Waals surface area contributed by atoms with Crippen LogP contribution in [0.3, 0.4) is 0 Å². The fourth-order valence-electron chi connectivity index (χ4n) is 2.40. The lowest BCUT2D eigenvalue weighted by Gasteiger charge is -2.38. The number of piperazine rings is 1. The summed E-state index contributed by atoms with van der Waals surface area (Å²) in [6, 6.07) is 0. The van der Waals surface area contributed by atoms with Crippen molar-refractivity contribution >= 4 is 6.41 Å². The number of amides is 1. The quantitative estimate of drug-likeness (QED) is 0.552. The van der Waals surface area contributed by atoms with E-state index in [2.05, 4.69) is 49.1 Å². The fourth-order valence-corrected chi connectivity index (χ4v) is 2.40. The van der Waals surface area contributed by atoms with Gasteiger partial charge in [-0.25, -0.2) is 0 Å². The van der Waals surface area contributed by atoms with E-state index < -0.39 is 0 Å². The van der Waals surface area contributed by atoms with Gasteiger partial charge >= 0.3 is 0 Å². The molecular weight excluding hydrogens is 264 g/mol. The summed E-state index contributed by atoms with van der Waals surface area (Å²) >= 11 is 0. The predicted molar refractivity (Wildman–Crippen MR) is 84.7 cm³/mol. The highest BCUT2D eigenvalue weighted by molar-refractivity contribution is 5.48. The summed E-state index contributed by atoms with van der Waals surface area (Å²) in [5.74, 6) is 0. The maximum Gasteiger partial charge on any atom is 0.0717 e. The molecule has 0 radical (unpaired) electrons. The molecule has 0 atom stereocenters. The van der Waals surface area contributed by atoms with Crippen LogP contribution in [0.1, 0.15) is 13.8 Å². The Labute approximate surface area is 127 Å². The molecule has 0 N–H and O–H groups in total. The Balaban J connectivity index is 1.63. The van der Waals surface area contributed by atoms with Gasteiger partial charge in [0.1, 0.15) is 0 Å². The highest BCUT2D eigenvalue weighted by Gasteiger charge is 2.12. The summed E-state index contributed by atoms with van der Waals surface area (Å²) in [5, 5.41) is 0. The molecule has 2 aliphatic rings. The second kappa shape index (κ2) is 7.57. The Morgan fingerprint density at radius 2 is 2.00 bits per heavy atom. The number of rotatable bonds is 6. The number of nitrogens with zero attached hydrogens (tertiary/aromatic N) is 2. The molecule has 1 fully saturated rings. The van der Waals surface area contributed by atoms with Gasteiger partial charge < -0.3 is 14.4 Å². The Hall–Kier alpha value is -1.39. The fraction of sp³-hybridized carbons (Fsp3) is 0.588. The van der Waals surface area contributed by atoms with Crippen LogP contribution in [0, 0.1) is 5.41 Å². The van der Waals surface area contributed by atoms with Crippen molar-refractivity contribution in [3.8, 4) is 0 Å². The monoisotopic (exact) mass is 289 g/mol. The topological polar surface area (TPSA) is 32.8 Å². The Bertz CT molecular complexity index is 430. The van der Waals surface area contributed by atoms with E-state index in [0.717, 1.165) is 39.3 Å². The lowest BCUT2D eigenvalue weighted by molar-refractivity contribution is 0.101. The van der Waals surface area contributed by atoms with Gasteiger partial charge in [-0.2, -0.15) is 6.41 Å². The van der Waals surface area contributed by atoms with Crippen molar-refractivity contribution in [3.63, 3.8) is 0 Å². The molecule has 0 aromatic rings. The standard InChI is InChI=1S/C17H25N2O2/c1-17(2)6-3-4-16(5-7-17)14-21-13-12-18-8-10-19(15-20)11-9-18/h3-7H,8-14H2,1-2H3/q-1. The maximum atomic E-state index is 10.5. The van der Waals surface area contributed by atoms with Crippen molar-refractivity contribution in [3.05, 3.63) is 36.0 Å². The first-order chi connectivity index (χ1) is 10.1. The molecule has 0 bridgehead atoms. The minimum atomic E-state index is 0.119. The molecule has 1 amide bonds. The average Bonchev–Trinajstić information content (AvgIpc) is 2.65. The minimum absolute atomic E-state index is 0.119. The molecular formula is C17H25N2O2-. The van der Waals surface area contributed by atoms with Gasteiger partial charge in [0.05, 0.1) is 13.2 Å². The third kappa shape index (κ3) is 5.48. The van der Waals surface area contributed by atoms with Crippen LogP contribution < -0.4 is 0 Å². The van der Waals surface area contributed by atoms with Crippen molar-refractivity contribution in [2.75, 3.05) is 45.9 Å². The summed E-state index contributed by atoms with van der Waals surface area (Å²) in [6.45, 7) is 10.1. The van der Waals surface area contributed by atoms with Gasteiger partial charge in [0.25, 0.3) is 0 Å². The van der Waals surface area contributed by atoms with E-state index in [1.54, 1.807) is 4.90 Å². The number of ether oxygens (including phenoxy) is 1. The molecule has 21 heavy (non-hydrogen) atoms. The molecule has 0 aromatic heterocycles. The largest absolute Gasteiger partial charge is 0.520 e. The van der Waals surface area contributed by atoms with Crippen LogP contribution in [-0.2, 0) is 9.53 Å². The van der Waals surface area contributed by atoms with E-state index in [0.29, 0.717) is 6.61 Å². The van der Waals surface area contributed by atoms with Crippen LogP contribution >= 0.6 is 0 Å². The molecule has 0 aromatic carbocycles. The average molecular weight is 289 g/mol. The Kier molecular flexibility index (Phi) is 5.76. The molecule has 2 rings (SSSR count). The number of allylic oxidation sites excluding steroid dienone is 4. The molecule has 0 saturated carbocycles. The molecule has 116 valence electrons. The second-order valence-corrected chi connectivity index (χ2v) is 6.23. The van der Waals surface area contributed by atoms with Gasteiger partial charge in [-0.1, -0.05) is 44.2 Å². The SMILES string of the molecule is CC1(C)C=CC=C(COCCN2CCN([C-]=O)CC2)C=C1. The van der Waals surface area contributed by atoms with E-state index >= 15 is 0 Å². The van der Waals surface area contributed by atoms with Crippen LogP contribution in [0.4, 0.5) is 0 Å². The summed E-state index contributed by atoms with van der Waals surface area (Å²) in [7, 11) is 0. The van der Waals surface area contributed by atoms with Crippen molar-refractivity contribution in [2.24, 2.45) is 5.41 Å². The highest BCUT2D eigenvalue weighted by atomic mass is 16.5. The molecule has 1 aliphatic heterocycles. The molecule has 0 unspecified atom stereocenters. The molecule has 1 aliphatic carbocycles. The van der Waals surface area contributed by atoms with Gasteiger partial charge in [0.15, 0.2) is 0 Å².